The molecule has 0 bridgehead atoms. The molecule has 1 unspecified atom stereocenters. The molecule has 3 amide bonds. The van der Waals surface area contributed by atoms with E-state index in [2.05, 4.69) is 46.0 Å². The van der Waals surface area contributed by atoms with Gasteiger partial charge in [0.1, 0.15) is 18.4 Å². The lowest BCUT2D eigenvalue weighted by Crippen LogP contribution is -2.50. The number of carbonyl (C=O) groups is 3. The van der Waals surface area contributed by atoms with Crippen molar-refractivity contribution >= 4 is 17.7 Å². The van der Waals surface area contributed by atoms with Crippen molar-refractivity contribution in [3.8, 4) is 5.75 Å². The number of piperidine rings is 1. The number of hydrogen-bond acceptors (Lipinski definition) is 5. The molecule has 2 aromatic carbocycles. The molecule has 41 heavy (non-hydrogen) atoms. The molecule has 1 atom stereocenters. The Labute approximate surface area is 242 Å². The van der Waals surface area contributed by atoms with Crippen LogP contribution in [0.3, 0.4) is 0 Å². The quantitative estimate of drug-likeness (QED) is 0.552. The van der Waals surface area contributed by atoms with Gasteiger partial charge in [0.25, 0.3) is 5.91 Å². The number of piperazine rings is 1. The smallest absolute Gasteiger partial charge is 0.255 e. The molecule has 2 aromatic rings. The van der Waals surface area contributed by atoms with Crippen LogP contribution in [0.1, 0.15) is 72.0 Å². The Morgan fingerprint density at radius 3 is 2.39 bits per heavy atom. The summed E-state index contributed by atoms with van der Waals surface area (Å²) in [6.07, 6.45) is 7.05. The molecule has 0 radical (unpaired) electrons. The maximum Gasteiger partial charge on any atom is 0.255 e. The zero-order chi connectivity index (χ0) is 28.3. The van der Waals surface area contributed by atoms with Gasteiger partial charge in [-0.3, -0.25) is 19.3 Å². The number of nitrogens with one attached hydrogen (secondary N) is 1. The van der Waals surface area contributed by atoms with Gasteiger partial charge in [0.05, 0.1) is 6.54 Å². The zero-order valence-electron chi connectivity index (χ0n) is 23.8. The average molecular weight is 557 g/mol. The predicted molar refractivity (Wildman–Crippen MR) is 156 cm³/mol. The summed E-state index contributed by atoms with van der Waals surface area (Å²) in [6.45, 7) is 8.95. The molecule has 3 aliphatic heterocycles. The van der Waals surface area contributed by atoms with Crippen LogP contribution in [0.4, 0.5) is 0 Å². The van der Waals surface area contributed by atoms with Gasteiger partial charge < -0.3 is 19.9 Å². The Kier molecular flexibility index (Phi) is 8.10. The number of amides is 3. The van der Waals surface area contributed by atoms with E-state index in [1.165, 1.54) is 24.8 Å². The van der Waals surface area contributed by atoms with Crippen LogP contribution in [0.25, 0.3) is 0 Å². The second-order valence-corrected chi connectivity index (χ2v) is 11.9. The van der Waals surface area contributed by atoms with Gasteiger partial charge in [-0.15, -0.1) is 0 Å². The van der Waals surface area contributed by atoms with Gasteiger partial charge in [-0.1, -0.05) is 56.2 Å². The van der Waals surface area contributed by atoms with Gasteiger partial charge in [-0.05, 0) is 48.9 Å². The molecular formula is C33H40N4O4. The number of hydrogen-bond donors (Lipinski definition) is 1. The molecule has 2 saturated heterocycles. The van der Waals surface area contributed by atoms with Gasteiger partial charge in [0.15, 0.2) is 0 Å². The SMILES string of the molecule is C=C1CCC(N2Cc3c(OCc4ccc(CN5CCN(C(=O)C6CCCCC6)CC5)cc4)cccc3C2=O)C(=O)N1. The number of fused-ring (bicyclic) bond motifs is 1. The van der Waals surface area contributed by atoms with Crippen LogP contribution in [-0.4, -0.2) is 64.6 Å². The highest BCUT2D eigenvalue weighted by molar-refractivity contribution is 6.02. The van der Waals surface area contributed by atoms with Crippen molar-refractivity contribution in [1.29, 1.82) is 0 Å². The van der Waals surface area contributed by atoms with Crippen LogP contribution in [0.5, 0.6) is 5.75 Å². The van der Waals surface area contributed by atoms with Crippen LogP contribution >= 0.6 is 0 Å². The molecule has 1 saturated carbocycles. The highest BCUT2D eigenvalue weighted by Crippen LogP contribution is 2.34. The van der Waals surface area contributed by atoms with Gasteiger partial charge in [-0.25, -0.2) is 0 Å². The zero-order valence-corrected chi connectivity index (χ0v) is 23.8. The first-order valence-electron chi connectivity index (χ1n) is 15.1. The lowest BCUT2D eigenvalue weighted by molar-refractivity contribution is -0.138. The molecule has 0 spiro atoms. The molecule has 3 heterocycles. The van der Waals surface area contributed by atoms with E-state index in [0.29, 0.717) is 48.9 Å². The van der Waals surface area contributed by atoms with Gasteiger partial charge in [-0.2, -0.15) is 0 Å². The Bertz CT molecular complexity index is 1310. The van der Waals surface area contributed by atoms with Crippen molar-refractivity contribution in [1.82, 2.24) is 20.0 Å². The maximum absolute atomic E-state index is 13.1. The van der Waals surface area contributed by atoms with Crippen LogP contribution in [0.15, 0.2) is 54.7 Å². The molecule has 216 valence electrons. The van der Waals surface area contributed by atoms with Gasteiger partial charge >= 0.3 is 0 Å². The van der Waals surface area contributed by atoms with Crippen LogP contribution in [-0.2, 0) is 29.3 Å². The summed E-state index contributed by atoms with van der Waals surface area (Å²) >= 11 is 0. The Morgan fingerprint density at radius 2 is 1.66 bits per heavy atom. The number of benzene rings is 2. The highest BCUT2D eigenvalue weighted by atomic mass is 16.5. The minimum atomic E-state index is -0.485. The fourth-order valence-electron chi connectivity index (χ4n) is 6.67. The van der Waals surface area contributed by atoms with Gasteiger partial charge in [0, 0.05) is 55.5 Å². The van der Waals surface area contributed by atoms with E-state index >= 15 is 0 Å². The molecule has 8 heteroatoms. The number of ether oxygens (including phenoxy) is 1. The molecule has 1 aliphatic carbocycles. The lowest BCUT2D eigenvalue weighted by atomic mass is 9.88. The minimum absolute atomic E-state index is 0.123. The molecule has 1 N–H and O–H groups in total. The standard InChI is InChI=1S/C33H40N4O4/c1-23-10-15-29(31(38)34-23)37-21-28-27(33(37)40)8-5-9-30(28)41-22-25-13-11-24(12-14-25)20-35-16-18-36(19-17-35)32(39)26-6-3-2-4-7-26/h5,8-9,11-14,26,29H,1-4,6-7,10,15-22H2,(H,34,38). The van der Waals surface area contributed by atoms with Crippen LogP contribution in [0, 0.1) is 5.92 Å². The van der Waals surface area contributed by atoms with E-state index in [-0.39, 0.29) is 17.7 Å². The minimum Gasteiger partial charge on any atom is -0.489 e. The number of carbonyl (C=O) groups excluding carboxylic acids is 3. The van der Waals surface area contributed by atoms with E-state index in [1.54, 1.807) is 4.90 Å². The Morgan fingerprint density at radius 1 is 0.927 bits per heavy atom. The molecule has 8 nitrogen and oxygen atoms in total. The summed E-state index contributed by atoms with van der Waals surface area (Å²) in [4.78, 5) is 44.7. The van der Waals surface area contributed by atoms with E-state index in [9.17, 15) is 14.4 Å². The number of nitrogens with zero attached hydrogens (tertiary/aromatic N) is 3. The number of rotatable bonds is 7. The third kappa shape index (κ3) is 6.03. The molecule has 6 rings (SSSR count). The predicted octanol–water partition coefficient (Wildman–Crippen LogP) is 4.24. The maximum atomic E-state index is 13.1. The number of allylic oxidation sites excluding steroid dienone is 1. The fraction of sp³-hybridized carbons (Fsp3) is 0.485. The highest BCUT2D eigenvalue weighted by Gasteiger charge is 2.39. The summed E-state index contributed by atoms with van der Waals surface area (Å²) < 4.78 is 6.20. The normalized spacial score (nSPS) is 22.0. The van der Waals surface area contributed by atoms with E-state index in [4.69, 9.17) is 4.74 Å². The van der Waals surface area contributed by atoms with Crippen molar-refractivity contribution in [3.05, 3.63) is 77.0 Å². The topological polar surface area (TPSA) is 82.2 Å². The fourth-order valence-corrected chi connectivity index (χ4v) is 6.67. The van der Waals surface area contributed by atoms with Crippen molar-refractivity contribution in [2.75, 3.05) is 26.2 Å². The van der Waals surface area contributed by atoms with Crippen molar-refractivity contribution < 1.29 is 19.1 Å². The third-order valence-electron chi connectivity index (χ3n) is 9.11. The molecule has 0 aromatic heterocycles. The van der Waals surface area contributed by atoms with Crippen LogP contribution in [0.2, 0.25) is 0 Å². The monoisotopic (exact) mass is 556 g/mol. The summed E-state index contributed by atoms with van der Waals surface area (Å²) in [5.41, 5.74) is 4.45. The van der Waals surface area contributed by atoms with Gasteiger partial charge in [0.2, 0.25) is 11.8 Å². The first-order valence-corrected chi connectivity index (χ1v) is 15.1. The first-order chi connectivity index (χ1) is 20.0. The van der Waals surface area contributed by atoms with E-state index in [1.807, 2.05) is 18.2 Å². The average Bonchev–Trinajstić information content (AvgIpc) is 3.34. The Balaban J connectivity index is 1.00. The largest absolute Gasteiger partial charge is 0.489 e. The first kappa shape index (κ1) is 27.5. The Hall–Kier alpha value is -3.65. The summed E-state index contributed by atoms with van der Waals surface area (Å²) in [6, 6.07) is 13.5. The second kappa shape index (κ2) is 12.1. The second-order valence-electron chi connectivity index (χ2n) is 11.9. The third-order valence-corrected chi connectivity index (χ3v) is 9.11. The molecule has 3 fully saturated rings. The van der Waals surface area contributed by atoms with E-state index in [0.717, 1.165) is 56.7 Å². The van der Waals surface area contributed by atoms with Crippen molar-refractivity contribution in [3.63, 3.8) is 0 Å². The van der Waals surface area contributed by atoms with E-state index < -0.39 is 6.04 Å². The molecule has 4 aliphatic rings. The van der Waals surface area contributed by atoms with Crippen molar-refractivity contribution in [2.24, 2.45) is 5.92 Å². The van der Waals surface area contributed by atoms with Crippen molar-refractivity contribution in [2.45, 2.75) is 70.7 Å². The summed E-state index contributed by atoms with van der Waals surface area (Å²) in [7, 11) is 0. The summed E-state index contributed by atoms with van der Waals surface area (Å²) in [5, 5.41) is 2.79. The van der Waals surface area contributed by atoms with Crippen LogP contribution < -0.4 is 10.1 Å². The lowest BCUT2D eigenvalue weighted by Gasteiger charge is -2.37. The summed E-state index contributed by atoms with van der Waals surface area (Å²) in [5.74, 6) is 1.02. The molecular weight excluding hydrogens is 516 g/mol.